The number of hydrogen-bond donors (Lipinski definition) is 1. The van der Waals surface area contributed by atoms with Crippen LogP contribution in [0.2, 0.25) is 0 Å². The monoisotopic (exact) mass is 224 g/mol. The van der Waals surface area contributed by atoms with E-state index in [4.69, 9.17) is 5.73 Å². The lowest BCUT2D eigenvalue weighted by Gasteiger charge is -2.34. The molecular weight excluding hydrogens is 208 g/mol. The van der Waals surface area contributed by atoms with Crippen LogP contribution >= 0.6 is 11.3 Å². The molecule has 1 aliphatic rings. The lowest BCUT2D eigenvalue weighted by atomic mass is 10.0. The molecule has 1 aromatic heterocycles. The Labute approximate surface area is 93.9 Å². The summed E-state index contributed by atoms with van der Waals surface area (Å²) in [6.45, 7) is 1.44. The Morgan fingerprint density at radius 3 is 3.13 bits per heavy atom. The first-order valence-electron chi connectivity index (χ1n) is 5.36. The van der Waals surface area contributed by atoms with Crippen LogP contribution < -0.4 is 5.73 Å². The number of rotatable bonds is 2. The van der Waals surface area contributed by atoms with E-state index in [-0.39, 0.29) is 11.9 Å². The van der Waals surface area contributed by atoms with Crippen LogP contribution in [-0.2, 0) is 0 Å². The molecule has 0 aliphatic carbocycles. The molecule has 1 fully saturated rings. The summed E-state index contributed by atoms with van der Waals surface area (Å²) in [5.41, 5.74) is 6.50. The van der Waals surface area contributed by atoms with Gasteiger partial charge in [-0.15, -0.1) is 0 Å². The summed E-state index contributed by atoms with van der Waals surface area (Å²) in [5.74, 6) is 0.145. The Morgan fingerprint density at radius 1 is 1.60 bits per heavy atom. The quantitative estimate of drug-likeness (QED) is 0.831. The number of nitrogens with two attached hydrogens (primary N) is 1. The van der Waals surface area contributed by atoms with Crippen molar-refractivity contribution in [2.45, 2.75) is 25.3 Å². The van der Waals surface area contributed by atoms with E-state index in [2.05, 4.69) is 0 Å². The molecule has 1 saturated heterocycles. The lowest BCUT2D eigenvalue weighted by molar-refractivity contribution is 0.0624. The smallest absolute Gasteiger partial charge is 0.254 e. The zero-order valence-electron chi connectivity index (χ0n) is 8.69. The molecule has 1 aromatic rings. The zero-order valence-corrected chi connectivity index (χ0v) is 9.50. The maximum atomic E-state index is 12.1. The Morgan fingerprint density at radius 2 is 2.47 bits per heavy atom. The van der Waals surface area contributed by atoms with Gasteiger partial charge in [-0.2, -0.15) is 11.3 Å². The van der Waals surface area contributed by atoms with E-state index in [1.54, 1.807) is 11.3 Å². The molecule has 0 unspecified atom stereocenters. The number of piperidine rings is 1. The predicted octanol–water partition coefficient (Wildman–Crippen LogP) is 1.70. The zero-order chi connectivity index (χ0) is 10.7. The Kier molecular flexibility index (Phi) is 3.38. The highest BCUT2D eigenvalue weighted by atomic mass is 32.1. The van der Waals surface area contributed by atoms with Gasteiger partial charge in [0, 0.05) is 24.5 Å². The van der Waals surface area contributed by atoms with Crippen molar-refractivity contribution in [3.8, 4) is 0 Å². The molecule has 0 saturated carbocycles. The van der Waals surface area contributed by atoms with Gasteiger partial charge in [0.25, 0.3) is 5.91 Å². The first-order valence-corrected chi connectivity index (χ1v) is 6.30. The molecule has 1 amide bonds. The fourth-order valence-corrected chi connectivity index (χ4v) is 2.69. The summed E-state index contributed by atoms with van der Waals surface area (Å²) in [5, 5.41) is 3.85. The van der Waals surface area contributed by atoms with Gasteiger partial charge in [-0.25, -0.2) is 0 Å². The van der Waals surface area contributed by atoms with Crippen molar-refractivity contribution in [3.63, 3.8) is 0 Å². The van der Waals surface area contributed by atoms with E-state index in [1.165, 1.54) is 6.42 Å². The van der Waals surface area contributed by atoms with Crippen LogP contribution in [0.4, 0.5) is 0 Å². The minimum Gasteiger partial charge on any atom is -0.334 e. The molecule has 0 aromatic carbocycles. The second kappa shape index (κ2) is 4.77. The normalized spacial score (nSPS) is 21.7. The van der Waals surface area contributed by atoms with E-state index in [1.807, 2.05) is 21.7 Å². The Bertz CT molecular complexity index is 323. The van der Waals surface area contributed by atoms with Crippen molar-refractivity contribution in [1.82, 2.24) is 4.90 Å². The third-order valence-electron chi connectivity index (χ3n) is 2.93. The molecule has 1 atom stereocenters. The van der Waals surface area contributed by atoms with Crippen molar-refractivity contribution >= 4 is 17.2 Å². The summed E-state index contributed by atoms with van der Waals surface area (Å²) in [6.07, 6.45) is 3.34. The SMILES string of the molecule is NC[C@H]1CCCCN1C(=O)c1ccsc1. The van der Waals surface area contributed by atoms with E-state index in [9.17, 15) is 4.79 Å². The topological polar surface area (TPSA) is 46.3 Å². The van der Waals surface area contributed by atoms with E-state index < -0.39 is 0 Å². The number of thiophene rings is 1. The molecular formula is C11H16N2OS. The van der Waals surface area contributed by atoms with Crippen molar-refractivity contribution in [1.29, 1.82) is 0 Å². The van der Waals surface area contributed by atoms with Gasteiger partial charge < -0.3 is 10.6 Å². The number of nitrogens with zero attached hydrogens (tertiary/aromatic N) is 1. The molecule has 0 radical (unpaired) electrons. The first kappa shape index (κ1) is 10.6. The average molecular weight is 224 g/mol. The van der Waals surface area contributed by atoms with Crippen LogP contribution in [0.25, 0.3) is 0 Å². The van der Waals surface area contributed by atoms with Crippen molar-refractivity contribution < 1.29 is 4.79 Å². The van der Waals surface area contributed by atoms with E-state index in [0.29, 0.717) is 6.54 Å². The Balaban J connectivity index is 2.11. The van der Waals surface area contributed by atoms with Gasteiger partial charge in [0.15, 0.2) is 0 Å². The summed E-state index contributed by atoms with van der Waals surface area (Å²) in [6, 6.07) is 2.13. The predicted molar refractivity (Wildman–Crippen MR) is 62.0 cm³/mol. The number of hydrogen-bond acceptors (Lipinski definition) is 3. The Hall–Kier alpha value is -0.870. The first-order chi connectivity index (χ1) is 7.33. The largest absolute Gasteiger partial charge is 0.334 e. The fraction of sp³-hybridized carbons (Fsp3) is 0.545. The standard InChI is InChI=1S/C11H16N2OS/c12-7-10-3-1-2-5-13(10)11(14)9-4-6-15-8-9/h4,6,8,10H,1-3,5,7,12H2/t10-/m1/s1. The van der Waals surface area contributed by atoms with Gasteiger partial charge in [0.05, 0.1) is 5.56 Å². The minimum absolute atomic E-state index is 0.145. The fourth-order valence-electron chi connectivity index (χ4n) is 2.06. The molecule has 15 heavy (non-hydrogen) atoms. The van der Waals surface area contributed by atoms with Gasteiger partial charge in [-0.05, 0) is 30.7 Å². The highest BCUT2D eigenvalue weighted by Gasteiger charge is 2.26. The van der Waals surface area contributed by atoms with E-state index >= 15 is 0 Å². The van der Waals surface area contributed by atoms with Crippen LogP contribution in [0.15, 0.2) is 16.8 Å². The maximum Gasteiger partial charge on any atom is 0.254 e. The maximum absolute atomic E-state index is 12.1. The van der Waals surface area contributed by atoms with Gasteiger partial charge in [-0.1, -0.05) is 0 Å². The summed E-state index contributed by atoms with van der Waals surface area (Å²) >= 11 is 1.56. The number of carbonyl (C=O) groups is 1. The third-order valence-corrected chi connectivity index (χ3v) is 3.61. The molecule has 4 heteroatoms. The molecule has 0 bridgehead atoms. The van der Waals surface area contributed by atoms with Gasteiger partial charge in [0.1, 0.15) is 0 Å². The molecule has 2 rings (SSSR count). The molecule has 2 N–H and O–H groups in total. The van der Waals surface area contributed by atoms with Gasteiger partial charge >= 0.3 is 0 Å². The summed E-state index contributed by atoms with van der Waals surface area (Å²) in [4.78, 5) is 14.0. The van der Waals surface area contributed by atoms with Gasteiger partial charge in [0.2, 0.25) is 0 Å². The average Bonchev–Trinajstić information content (AvgIpc) is 2.81. The second-order valence-corrected chi connectivity index (χ2v) is 4.68. The van der Waals surface area contributed by atoms with Crippen LogP contribution in [0.1, 0.15) is 29.6 Å². The van der Waals surface area contributed by atoms with Crippen LogP contribution in [0.5, 0.6) is 0 Å². The van der Waals surface area contributed by atoms with Crippen molar-refractivity contribution in [2.24, 2.45) is 5.73 Å². The van der Waals surface area contributed by atoms with Crippen LogP contribution in [0, 0.1) is 0 Å². The van der Waals surface area contributed by atoms with E-state index in [0.717, 1.165) is 24.9 Å². The second-order valence-electron chi connectivity index (χ2n) is 3.90. The lowest BCUT2D eigenvalue weighted by Crippen LogP contribution is -2.47. The highest BCUT2D eigenvalue weighted by molar-refractivity contribution is 7.08. The third kappa shape index (κ3) is 2.21. The van der Waals surface area contributed by atoms with Gasteiger partial charge in [-0.3, -0.25) is 4.79 Å². The highest BCUT2D eigenvalue weighted by Crippen LogP contribution is 2.19. The number of amides is 1. The van der Waals surface area contributed by atoms with Crippen LogP contribution in [-0.4, -0.2) is 29.9 Å². The number of likely N-dealkylation sites (tertiary alicyclic amines) is 1. The van der Waals surface area contributed by atoms with Crippen molar-refractivity contribution in [2.75, 3.05) is 13.1 Å². The van der Waals surface area contributed by atoms with Crippen LogP contribution in [0.3, 0.4) is 0 Å². The summed E-state index contributed by atoms with van der Waals surface area (Å²) in [7, 11) is 0. The molecule has 82 valence electrons. The summed E-state index contributed by atoms with van der Waals surface area (Å²) < 4.78 is 0. The molecule has 2 heterocycles. The number of carbonyl (C=O) groups excluding carboxylic acids is 1. The van der Waals surface area contributed by atoms with Crippen molar-refractivity contribution in [3.05, 3.63) is 22.4 Å². The molecule has 0 spiro atoms. The minimum atomic E-state index is 0.145. The molecule has 3 nitrogen and oxygen atoms in total. The molecule has 1 aliphatic heterocycles.